The lowest BCUT2D eigenvalue weighted by Crippen LogP contribution is -2.13. The summed E-state index contributed by atoms with van der Waals surface area (Å²) in [5.41, 5.74) is 0. The van der Waals surface area contributed by atoms with Crippen molar-refractivity contribution in [2.75, 3.05) is 59.5 Å². The van der Waals surface area contributed by atoms with Gasteiger partial charge in [0.05, 0.1) is 52.9 Å². The lowest BCUT2D eigenvalue weighted by molar-refractivity contribution is -0.00578. The summed E-state index contributed by atoms with van der Waals surface area (Å²) in [5.74, 6) is 0. The molecule has 0 aromatic heterocycles. The van der Waals surface area contributed by atoms with E-state index in [1.807, 2.05) is 0 Å². The molecule has 0 heterocycles. The summed E-state index contributed by atoms with van der Waals surface area (Å²) in [7, 11) is -4.40. The molecular formula is C18H39O8P. The van der Waals surface area contributed by atoms with Gasteiger partial charge in [-0.2, -0.15) is 0 Å². The van der Waals surface area contributed by atoms with Gasteiger partial charge in [0.25, 0.3) is 0 Å². The molecule has 164 valence electrons. The summed E-state index contributed by atoms with van der Waals surface area (Å²) in [6.07, 6.45) is 10.4. The van der Waals surface area contributed by atoms with Crippen LogP contribution >= 0.6 is 7.82 Å². The standard InChI is InChI=1S/C18H39O8P/c1-2-3-4-5-6-7-8-9-10-22-11-12-23-13-14-24-15-16-25-17-18-26-27(19,20)21/h2-18H2,1H3,(H2,19,20,21). The van der Waals surface area contributed by atoms with E-state index >= 15 is 0 Å². The summed E-state index contributed by atoms with van der Waals surface area (Å²) >= 11 is 0. The molecule has 0 saturated heterocycles. The molecule has 0 atom stereocenters. The summed E-state index contributed by atoms with van der Waals surface area (Å²) < 4.78 is 36.0. The van der Waals surface area contributed by atoms with Gasteiger partial charge in [0, 0.05) is 6.61 Å². The Morgan fingerprint density at radius 1 is 0.556 bits per heavy atom. The van der Waals surface area contributed by atoms with Crippen LogP contribution in [-0.4, -0.2) is 69.2 Å². The van der Waals surface area contributed by atoms with Crippen LogP contribution in [0.2, 0.25) is 0 Å². The quantitative estimate of drug-likeness (QED) is 0.205. The molecule has 9 heteroatoms. The Balaban J connectivity index is 3.02. The van der Waals surface area contributed by atoms with Gasteiger partial charge in [0.1, 0.15) is 0 Å². The van der Waals surface area contributed by atoms with Crippen LogP contribution in [-0.2, 0) is 28.0 Å². The fourth-order valence-electron chi connectivity index (χ4n) is 2.31. The minimum Gasteiger partial charge on any atom is -0.379 e. The molecule has 0 rings (SSSR count). The molecule has 0 unspecified atom stereocenters. The second-order valence-electron chi connectivity index (χ2n) is 6.25. The van der Waals surface area contributed by atoms with E-state index in [4.69, 9.17) is 28.7 Å². The van der Waals surface area contributed by atoms with Crippen LogP contribution < -0.4 is 0 Å². The Hall–Kier alpha value is -0.0500. The van der Waals surface area contributed by atoms with Crippen molar-refractivity contribution in [3.8, 4) is 0 Å². The molecule has 0 spiro atoms. The van der Waals surface area contributed by atoms with Crippen molar-refractivity contribution in [2.45, 2.75) is 58.3 Å². The van der Waals surface area contributed by atoms with Gasteiger partial charge >= 0.3 is 7.82 Å². The molecule has 0 aliphatic carbocycles. The molecule has 0 aliphatic rings. The normalized spacial score (nSPS) is 12.0. The monoisotopic (exact) mass is 414 g/mol. The number of hydrogen-bond acceptors (Lipinski definition) is 6. The number of ether oxygens (including phenoxy) is 4. The third-order valence-electron chi connectivity index (χ3n) is 3.75. The van der Waals surface area contributed by atoms with E-state index in [0.717, 1.165) is 13.0 Å². The van der Waals surface area contributed by atoms with Crippen molar-refractivity contribution in [1.29, 1.82) is 0 Å². The Morgan fingerprint density at radius 2 is 0.926 bits per heavy atom. The van der Waals surface area contributed by atoms with Crippen molar-refractivity contribution in [2.24, 2.45) is 0 Å². The molecule has 0 saturated carbocycles. The van der Waals surface area contributed by atoms with Gasteiger partial charge in [0.2, 0.25) is 0 Å². The van der Waals surface area contributed by atoms with Crippen LogP contribution in [0, 0.1) is 0 Å². The fraction of sp³-hybridized carbons (Fsp3) is 1.00. The Bertz CT molecular complexity index is 337. The SMILES string of the molecule is CCCCCCCCCCOCCOCCOCCOCCOP(=O)(O)O. The van der Waals surface area contributed by atoms with E-state index in [1.54, 1.807) is 0 Å². The van der Waals surface area contributed by atoms with Gasteiger partial charge in [0.15, 0.2) is 0 Å². The van der Waals surface area contributed by atoms with Gasteiger partial charge < -0.3 is 28.7 Å². The number of unbranched alkanes of at least 4 members (excludes halogenated alkanes) is 7. The third kappa shape index (κ3) is 25.9. The highest BCUT2D eigenvalue weighted by Gasteiger charge is 2.12. The van der Waals surface area contributed by atoms with E-state index in [0.29, 0.717) is 39.6 Å². The highest BCUT2D eigenvalue weighted by molar-refractivity contribution is 7.46. The van der Waals surface area contributed by atoms with E-state index < -0.39 is 7.82 Å². The van der Waals surface area contributed by atoms with E-state index in [-0.39, 0.29) is 13.2 Å². The lowest BCUT2D eigenvalue weighted by atomic mass is 10.1. The molecule has 0 fully saturated rings. The highest BCUT2D eigenvalue weighted by Crippen LogP contribution is 2.35. The third-order valence-corrected chi connectivity index (χ3v) is 4.26. The van der Waals surface area contributed by atoms with Gasteiger partial charge in [-0.3, -0.25) is 4.52 Å². The molecule has 0 aromatic rings. The van der Waals surface area contributed by atoms with Crippen LogP contribution in [0.3, 0.4) is 0 Å². The molecule has 0 radical (unpaired) electrons. The maximum atomic E-state index is 10.4. The summed E-state index contributed by atoms with van der Waals surface area (Å²) in [4.78, 5) is 16.9. The first-order valence-corrected chi connectivity index (χ1v) is 11.6. The number of phosphoric ester groups is 1. The Morgan fingerprint density at radius 3 is 1.37 bits per heavy atom. The summed E-state index contributed by atoms with van der Waals surface area (Å²) in [5, 5.41) is 0. The molecule has 0 amide bonds. The molecule has 8 nitrogen and oxygen atoms in total. The van der Waals surface area contributed by atoms with Crippen molar-refractivity contribution >= 4 is 7.82 Å². The maximum Gasteiger partial charge on any atom is 0.469 e. The van der Waals surface area contributed by atoms with Crippen LogP contribution in [0.5, 0.6) is 0 Å². The van der Waals surface area contributed by atoms with E-state index in [2.05, 4.69) is 11.4 Å². The van der Waals surface area contributed by atoms with Crippen molar-refractivity contribution < 1.29 is 37.8 Å². The first-order chi connectivity index (χ1) is 13.1. The maximum absolute atomic E-state index is 10.4. The lowest BCUT2D eigenvalue weighted by Gasteiger charge is -2.08. The van der Waals surface area contributed by atoms with Crippen molar-refractivity contribution in [3.05, 3.63) is 0 Å². The van der Waals surface area contributed by atoms with E-state index in [9.17, 15) is 4.57 Å². The highest BCUT2D eigenvalue weighted by atomic mass is 31.2. The zero-order chi connectivity index (χ0) is 20.1. The van der Waals surface area contributed by atoms with Gasteiger partial charge in [-0.1, -0.05) is 51.9 Å². The Labute approximate surface area is 164 Å². The van der Waals surface area contributed by atoms with Crippen LogP contribution in [0.25, 0.3) is 0 Å². The minimum absolute atomic E-state index is 0.112. The van der Waals surface area contributed by atoms with Crippen LogP contribution in [0.1, 0.15) is 58.3 Å². The zero-order valence-corrected chi connectivity index (χ0v) is 17.7. The molecular weight excluding hydrogens is 375 g/mol. The zero-order valence-electron chi connectivity index (χ0n) is 16.8. The predicted octanol–water partition coefficient (Wildman–Crippen LogP) is 3.30. The Kier molecular flexibility index (Phi) is 20.6. The van der Waals surface area contributed by atoms with Crippen LogP contribution in [0.15, 0.2) is 0 Å². The van der Waals surface area contributed by atoms with Crippen molar-refractivity contribution in [1.82, 2.24) is 0 Å². The number of hydrogen-bond donors (Lipinski definition) is 2. The first-order valence-electron chi connectivity index (χ1n) is 10.1. The van der Waals surface area contributed by atoms with Crippen molar-refractivity contribution in [3.63, 3.8) is 0 Å². The van der Waals surface area contributed by atoms with Gasteiger partial charge in [-0.15, -0.1) is 0 Å². The second-order valence-corrected chi connectivity index (χ2v) is 7.49. The summed E-state index contributed by atoms with van der Waals surface area (Å²) in [6, 6.07) is 0. The molecule has 0 aliphatic heterocycles. The molecule has 2 N–H and O–H groups in total. The van der Waals surface area contributed by atoms with E-state index in [1.165, 1.54) is 44.9 Å². The minimum atomic E-state index is -4.40. The first kappa shape index (κ1) is 27.0. The smallest absolute Gasteiger partial charge is 0.379 e. The largest absolute Gasteiger partial charge is 0.469 e. The van der Waals surface area contributed by atoms with Crippen LogP contribution in [0.4, 0.5) is 0 Å². The number of rotatable bonds is 22. The summed E-state index contributed by atoms with van der Waals surface area (Å²) in [6.45, 7) is 5.90. The number of phosphoric acid groups is 1. The molecule has 27 heavy (non-hydrogen) atoms. The topological polar surface area (TPSA) is 104 Å². The van der Waals surface area contributed by atoms with Gasteiger partial charge in [-0.25, -0.2) is 4.57 Å². The average Bonchev–Trinajstić information content (AvgIpc) is 2.62. The van der Waals surface area contributed by atoms with Gasteiger partial charge in [-0.05, 0) is 6.42 Å². The molecule has 0 aromatic carbocycles. The second kappa shape index (κ2) is 20.7. The average molecular weight is 414 g/mol. The predicted molar refractivity (Wildman–Crippen MR) is 104 cm³/mol. The molecule has 0 bridgehead atoms. The fourth-order valence-corrected chi connectivity index (χ4v) is 2.63.